The first-order valence-electron chi connectivity index (χ1n) is 17.6. The van der Waals surface area contributed by atoms with Gasteiger partial charge in [-0.1, -0.05) is 0 Å². The lowest BCUT2D eigenvalue weighted by Gasteiger charge is -2.36. The van der Waals surface area contributed by atoms with E-state index < -0.39 is 83.3 Å². The van der Waals surface area contributed by atoms with Gasteiger partial charge in [0.1, 0.15) is 54.3 Å². The number of nitrogens with zero attached hydrogens (tertiary/aromatic N) is 9. The number of hydrogen-bond donors (Lipinski definition) is 4. The van der Waals surface area contributed by atoms with Crippen LogP contribution in [0.25, 0.3) is 22.3 Å². The van der Waals surface area contributed by atoms with Gasteiger partial charge in [0, 0.05) is 26.2 Å². The van der Waals surface area contributed by atoms with Gasteiger partial charge < -0.3 is 39.9 Å². The molecule has 4 unspecified atom stereocenters. The van der Waals surface area contributed by atoms with Crippen molar-refractivity contribution in [1.82, 2.24) is 48.4 Å². The lowest BCUT2D eigenvalue weighted by Crippen LogP contribution is -2.41. The van der Waals surface area contributed by atoms with E-state index in [1.165, 1.54) is 37.5 Å². The molecule has 5 aliphatic rings. The molecule has 5 fully saturated rings. The Bertz CT molecular complexity index is 2210. The van der Waals surface area contributed by atoms with E-state index in [0.29, 0.717) is 0 Å². The molecule has 0 aliphatic carbocycles. The average Bonchev–Trinajstić information content (AvgIpc) is 3.95. The Kier molecular flexibility index (Phi) is 9.87. The number of anilines is 1. The molecule has 4 aromatic rings. The van der Waals surface area contributed by atoms with Gasteiger partial charge in [-0.05, 0) is 6.92 Å². The highest BCUT2D eigenvalue weighted by molar-refractivity contribution is 7.51. The number of aromatic amines is 1. The molecule has 9 rings (SSSR count). The number of ether oxygens (including phenoxy) is 4. The SMILES string of the molecule is Cc1nc2c(ncn2[C@@H]2O[C@@H]3COP(=O)(N4CCOCC4)O[C@@H]4C(O)[C@H](n5cnc6c(N)ncnc65)O[C@@H]4COP(=O)(N4CCOCC4)O[C@H]2C3O)c(=O)[nH]1. The van der Waals surface area contributed by atoms with E-state index in [4.69, 9.17) is 42.8 Å². The summed E-state index contributed by atoms with van der Waals surface area (Å²) in [7, 11) is -8.82. The van der Waals surface area contributed by atoms with E-state index in [2.05, 4.69) is 29.9 Å². The van der Waals surface area contributed by atoms with Crippen molar-refractivity contribution < 1.29 is 56.4 Å². The van der Waals surface area contributed by atoms with Crippen LogP contribution in [0.2, 0.25) is 0 Å². The Hall–Kier alpha value is -3.32. The number of imidazole rings is 2. The molecule has 24 nitrogen and oxygen atoms in total. The van der Waals surface area contributed by atoms with Crippen LogP contribution in [-0.4, -0.2) is 161 Å². The second-order valence-electron chi connectivity index (χ2n) is 13.5. The first-order chi connectivity index (χ1) is 26.5. The average molecular weight is 812 g/mol. The topological polar surface area (TPSA) is 288 Å². The number of aliphatic hydroxyl groups is 2. The molecular formula is C29H39N11O13P2. The predicted molar refractivity (Wildman–Crippen MR) is 184 cm³/mol. The van der Waals surface area contributed by atoms with Crippen LogP contribution >= 0.6 is 15.5 Å². The number of rotatable bonds is 4. The van der Waals surface area contributed by atoms with Gasteiger partial charge in [0.15, 0.2) is 35.1 Å². The monoisotopic (exact) mass is 811 g/mol. The number of fused-ring (bicyclic) bond motifs is 5. The van der Waals surface area contributed by atoms with Gasteiger partial charge in [-0.2, -0.15) is 0 Å². The van der Waals surface area contributed by atoms with Crippen LogP contribution in [0.5, 0.6) is 0 Å². The molecule has 26 heteroatoms. The molecule has 2 bridgehead atoms. The van der Waals surface area contributed by atoms with Gasteiger partial charge in [-0.15, -0.1) is 0 Å². The zero-order chi connectivity index (χ0) is 38.1. The summed E-state index contributed by atoms with van der Waals surface area (Å²) >= 11 is 0. The number of hydrogen-bond acceptors (Lipinski definition) is 19. The lowest BCUT2D eigenvalue weighted by molar-refractivity contribution is -0.0679. The van der Waals surface area contributed by atoms with Gasteiger partial charge in [-0.25, -0.2) is 43.4 Å². The quantitative estimate of drug-likeness (QED) is 0.181. The highest BCUT2D eigenvalue weighted by Crippen LogP contribution is 2.59. The van der Waals surface area contributed by atoms with Crippen LogP contribution in [-0.2, 0) is 46.2 Å². The smallest absolute Gasteiger partial charge is 0.387 e. The molecular weight excluding hydrogens is 772 g/mol. The Morgan fingerprint density at radius 3 is 2.02 bits per heavy atom. The van der Waals surface area contributed by atoms with Gasteiger partial charge in [0.25, 0.3) is 5.56 Å². The fraction of sp³-hybridized carbons (Fsp3) is 0.655. The third kappa shape index (κ3) is 6.62. The molecule has 5 N–H and O–H groups in total. The van der Waals surface area contributed by atoms with Gasteiger partial charge >= 0.3 is 15.5 Å². The molecule has 298 valence electrons. The molecule has 0 aromatic carbocycles. The predicted octanol–water partition coefficient (Wildman–Crippen LogP) is -0.935. The largest absolute Gasteiger partial charge is 0.408 e. The van der Waals surface area contributed by atoms with Crippen molar-refractivity contribution in [2.45, 2.75) is 56.0 Å². The number of aliphatic hydroxyl groups excluding tert-OH is 2. The first kappa shape index (κ1) is 37.3. The zero-order valence-electron chi connectivity index (χ0n) is 29.3. The number of aromatic nitrogens is 8. The van der Waals surface area contributed by atoms with Crippen molar-refractivity contribution in [2.24, 2.45) is 0 Å². The second-order valence-corrected chi connectivity index (χ2v) is 17.4. The van der Waals surface area contributed by atoms with Crippen LogP contribution in [0.4, 0.5) is 5.82 Å². The molecule has 10 atom stereocenters. The fourth-order valence-corrected chi connectivity index (χ4v) is 11.1. The normalized spacial score (nSPS) is 37.1. The molecule has 9 heterocycles. The maximum Gasteiger partial charge on any atom is 0.408 e. The highest BCUT2D eigenvalue weighted by atomic mass is 31.2. The minimum Gasteiger partial charge on any atom is -0.387 e. The van der Waals surface area contributed by atoms with Crippen molar-refractivity contribution in [3.8, 4) is 0 Å². The zero-order valence-corrected chi connectivity index (χ0v) is 31.1. The summed E-state index contributed by atoms with van der Waals surface area (Å²) in [5.41, 5.74) is 6.12. The Balaban J connectivity index is 1.12. The summed E-state index contributed by atoms with van der Waals surface area (Å²) in [6.07, 6.45) is -7.05. The third-order valence-corrected chi connectivity index (χ3v) is 14.2. The molecule has 5 aliphatic heterocycles. The van der Waals surface area contributed by atoms with E-state index in [9.17, 15) is 15.0 Å². The van der Waals surface area contributed by atoms with Crippen molar-refractivity contribution in [1.29, 1.82) is 0 Å². The number of nitrogens with two attached hydrogens (primary N) is 1. The number of H-pyrrole nitrogens is 1. The van der Waals surface area contributed by atoms with Gasteiger partial charge in [-0.3, -0.25) is 32.0 Å². The summed E-state index contributed by atoms with van der Waals surface area (Å²) in [5, 5.41) is 23.7. The van der Waals surface area contributed by atoms with E-state index in [-0.39, 0.29) is 86.6 Å². The summed E-state index contributed by atoms with van der Waals surface area (Å²) in [6.45, 7) is 1.91. The van der Waals surface area contributed by atoms with Crippen LogP contribution in [0.3, 0.4) is 0 Å². The number of aryl methyl sites for hydroxylation is 1. The maximum absolute atomic E-state index is 15.1. The minimum absolute atomic E-state index is 0.00766. The van der Waals surface area contributed by atoms with Gasteiger partial charge in [0.2, 0.25) is 0 Å². The first-order valence-corrected chi connectivity index (χ1v) is 20.6. The third-order valence-electron chi connectivity index (χ3n) is 10.1. The van der Waals surface area contributed by atoms with Crippen molar-refractivity contribution in [3.05, 3.63) is 35.2 Å². The van der Waals surface area contributed by atoms with Crippen LogP contribution in [0.15, 0.2) is 23.8 Å². The Morgan fingerprint density at radius 1 is 0.764 bits per heavy atom. The second kappa shape index (κ2) is 14.6. The Labute approximate surface area is 310 Å². The summed E-state index contributed by atoms with van der Waals surface area (Å²) < 4.78 is 84.6. The molecule has 55 heavy (non-hydrogen) atoms. The van der Waals surface area contributed by atoms with Crippen LogP contribution in [0, 0.1) is 6.92 Å². The molecule has 0 spiro atoms. The molecule has 0 radical (unpaired) electrons. The number of nitrogen functional groups attached to an aromatic ring is 1. The van der Waals surface area contributed by atoms with E-state index in [0.717, 1.165) is 0 Å². The van der Waals surface area contributed by atoms with Gasteiger partial charge in [0.05, 0.1) is 52.3 Å². The molecule has 5 saturated heterocycles. The maximum atomic E-state index is 15.1. The molecule has 4 aromatic heterocycles. The van der Waals surface area contributed by atoms with Crippen molar-refractivity contribution in [2.75, 3.05) is 71.6 Å². The number of morpholine rings is 2. The van der Waals surface area contributed by atoms with E-state index in [1.807, 2.05) is 0 Å². The summed E-state index contributed by atoms with van der Waals surface area (Å²) in [4.78, 5) is 36.5. The standard InChI is InChI=1S/C29H39N11O13P2/c1-15-35-26-19(27(43)36-15)34-14-40(26)29-23-20(41)16(50-29)10-48-54(44,37-2-6-46-7-3-37)52-22-17(11-49-55(45,53-23)38-4-8-47-9-5-38)51-28(21(22)42)39-13-33-18-24(30)31-12-32-25(18)39/h12-14,16-17,20-23,28-29,41-42H,2-11H2,1H3,(H2,30,31,32)(H,35,36,43)/t16-,17-,20?,21?,22+,23+,28-,29-,54?,55?/m1/s1. The number of nitrogens with one attached hydrogen (secondary N) is 1. The summed E-state index contributed by atoms with van der Waals surface area (Å²) in [6, 6.07) is 0. The van der Waals surface area contributed by atoms with Crippen molar-refractivity contribution in [3.63, 3.8) is 0 Å². The summed E-state index contributed by atoms with van der Waals surface area (Å²) in [5.74, 6) is 0.389. The molecule has 0 amide bonds. The molecule has 0 saturated carbocycles. The lowest BCUT2D eigenvalue weighted by atomic mass is 10.1. The van der Waals surface area contributed by atoms with Crippen molar-refractivity contribution >= 4 is 43.6 Å². The van der Waals surface area contributed by atoms with E-state index in [1.54, 1.807) is 6.92 Å². The fourth-order valence-electron chi connectivity index (χ4n) is 7.28. The Morgan fingerprint density at radius 2 is 1.35 bits per heavy atom. The minimum atomic E-state index is -4.43. The van der Waals surface area contributed by atoms with Crippen LogP contribution < -0.4 is 11.3 Å². The van der Waals surface area contributed by atoms with E-state index >= 15 is 9.13 Å². The van der Waals surface area contributed by atoms with Crippen LogP contribution in [0.1, 0.15) is 18.3 Å². The highest BCUT2D eigenvalue weighted by Gasteiger charge is 2.56.